The van der Waals surface area contributed by atoms with Crippen LogP contribution >= 0.6 is 0 Å². The van der Waals surface area contributed by atoms with Crippen LogP contribution in [0.5, 0.6) is 5.75 Å². The van der Waals surface area contributed by atoms with Crippen LogP contribution < -0.4 is 10.1 Å². The number of likely N-dealkylation sites (tertiary alicyclic amines) is 1. The van der Waals surface area contributed by atoms with Crippen molar-refractivity contribution in [2.75, 3.05) is 19.7 Å². The van der Waals surface area contributed by atoms with Gasteiger partial charge in [-0.25, -0.2) is 0 Å². The molecule has 1 saturated heterocycles. The average Bonchev–Trinajstić information content (AvgIpc) is 3.28. The molecule has 32 heavy (non-hydrogen) atoms. The van der Waals surface area contributed by atoms with E-state index in [1.807, 2.05) is 80.3 Å². The number of carbonyl (C=O) groups excluding carboxylic acids is 2. The topological polar surface area (TPSA) is 71.5 Å². The van der Waals surface area contributed by atoms with Gasteiger partial charge in [-0.2, -0.15) is 0 Å². The number of pyridine rings is 1. The molecule has 1 atom stereocenters. The zero-order chi connectivity index (χ0) is 22.7. The minimum atomic E-state index is -0.101. The Labute approximate surface area is 188 Å². The van der Waals surface area contributed by atoms with Gasteiger partial charge in [0.05, 0.1) is 23.3 Å². The van der Waals surface area contributed by atoms with Crippen molar-refractivity contribution < 1.29 is 14.3 Å². The highest BCUT2D eigenvalue weighted by atomic mass is 16.5. The number of nitrogens with one attached hydrogen (secondary N) is 1. The Kier molecular flexibility index (Phi) is 6.40. The quantitative estimate of drug-likeness (QED) is 0.628. The largest absolute Gasteiger partial charge is 0.493 e. The van der Waals surface area contributed by atoms with Gasteiger partial charge in [0.2, 0.25) is 0 Å². The summed E-state index contributed by atoms with van der Waals surface area (Å²) in [4.78, 5) is 32.8. The molecule has 0 unspecified atom stereocenters. The predicted octanol–water partition coefficient (Wildman–Crippen LogP) is 4.40. The zero-order valence-corrected chi connectivity index (χ0v) is 18.8. The van der Waals surface area contributed by atoms with Crippen LogP contribution in [-0.2, 0) is 0 Å². The Balaban J connectivity index is 1.61. The Morgan fingerprint density at radius 3 is 2.66 bits per heavy atom. The standard InChI is InChI=1S/C26H29N3O3/c1-4-32-24-12-8-6-10-20(24)26(31)29-14-13-18(16-29)23-15-21(25(30)27-17(2)3)19-9-5-7-11-22(19)28-23/h5-12,15,17-18H,4,13-14,16H2,1-3H3,(H,27,30)/t18-/m0/s1. The number of nitrogens with zero attached hydrogens (tertiary/aromatic N) is 2. The minimum absolute atomic E-state index is 0.0323. The highest BCUT2D eigenvalue weighted by Crippen LogP contribution is 2.31. The summed E-state index contributed by atoms with van der Waals surface area (Å²) in [5.74, 6) is 0.555. The van der Waals surface area contributed by atoms with Crippen molar-refractivity contribution in [2.45, 2.75) is 39.2 Å². The number of hydrogen-bond donors (Lipinski definition) is 1. The molecule has 1 aliphatic heterocycles. The second-order valence-electron chi connectivity index (χ2n) is 8.41. The average molecular weight is 432 g/mol. The molecule has 2 heterocycles. The number of rotatable bonds is 6. The van der Waals surface area contributed by atoms with E-state index in [-0.39, 0.29) is 23.8 Å². The van der Waals surface area contributed by atoms with Gasteiger partial charge in [-0.1, -0.05) is 30.3 Å². The van der Waals surface area contributed by atoms with Crippen LogP contribution in [0, 0.1) is 0 Å². The first-order chi connectivity index (χ1) is 15.5. The molecule has 1 fully saturated rings. The first-order valence-corrected chi connectivity index (χ1v) is 11.2. The maximum absolute atomic E-state index is 13.2. The fourth-order valence-electron chi connectivity index (χ4n) is 4.21. The smallest absolute Gasteiger partial charge is 0.257 e. The number of benzene rings is 2. The first-order valence-electron chi connectivity index (χ1n) is 11.2. The number of carbonyl (C=O) groups is 2. The molecule has 6 nitrogen and oxygen atoms in total. The number of fused-ring (bicyclic) bond motifs is 1. The van der Waals surface area contributed by atoms with E-state index in [1.54, 1.807) is 0 Å². The summed E-state index contributed by atoms with van der Waals surface area (Å²) >= 11 is 0. The number of aromatic nitrogens is 1. The van der Waals surface area contributed by atoms with E-state index in [2.05, 4.69) is 5.32 Å². The van der Waals surface area contributed by atoms with Crippen molar-refractivity contribution in [3.8, 4) is 5.75 Å². The lowest BCUT2D eigenvalue weighted by molar-refractivity contribution is 0.0786. The molecule has 0 radical (unpaired) electrons. The summed E-state index contributed by atoms with van der Waals surface area (Å²) < 4.78 is 5.65. The summed E-state index contributed by atoms with van der Waals surface area (Å²) in [7, 11) is 0. The third-order valence-electron chi connectivity index (χ3n) is 5.71. The lowest BCUT2D eigenvalue weighted by Gasteiger charge is -2.19. The van der Waals surface area contributed by atoms with E-state index >= 15 is 0 Å². The third kappa shape index (κ3) is 4.44. The molecular weight excluding hydrogens is 402 g/mol. The highest BCUT2D eigenvalue weighted by molar-refractivity contribution is 6.06. The number of ether oxygens (including phenoxy) is 1. The third-order valence-corrected chi connectivity index (χ3v) is 5.71. The second-order valence-corrected chi connectivity index (χ2v) is 8.41. The van der Waals surface area contributed by atoms with Gasteiger partial charge in [0.25, 0.3) is 11.8 Å². The van der Waals surface area contributed by atoms with Crippen molar-refractivity contribution in [1.29, 1.82) is 0 Å². The summed E-state index contributed by atoms with van der Waals surface area (Å²) in [6.45, 7) is 7.52. The number of para-hydroxylation sites is 2. The molecule has 1 aliphatic rings. The predicted molar refractivity (Wildman–Crippen MR) is 125 cm³/mol. The monoisotopic (exact) mass is 431 g/mol. The summed E-state index contributed by atoms with van der Waals surface area (Å²) in [5, 5.41) is 3.83. The molecular formula is C26H29N3O3. The van der Waals surface area contributed by atoms with E-state index in [0.29, 0.717) is 36.6 Å². The van der Waals surface area contributed by atoms with Gasteiger partial charge in [-0.05, 0) is 51.5 Å². The summed E-state index contributed by atoms with van der Waals surface area (Å²) in [5.41, 5.74) is 2.86. The molecule has 0 aliphatic carbocycles. The minimum Gasteiger partial charge on any atom is -0.493 e. The van der Waals surface area contributed by atoms with Crippen molar-refractivity contribution in [3.05, 3.63) is 71.4 Å². The molecule has 1 aromatic heterocycles. The summed E-state index contributed by atoms with van der Waals surface area (Å²) in [6, 6.07) is 17.0. The molecule has 0 saturated carbocycles. The van der Waals surface area contributed by atoms with E-state index in [9.17, 15) is 9.59 Å². The molecule has 0 bridgehead atoms. The molecule has 2 amide bonds. The Morgan fingerprint density at radius 2 is 1.88 bits per heavy atom. The van der Waals surface area contributed by atoms with Crippen molar-refractivity contribution >= 4 is 22.7 Å². The maximum atomic E-state index is 13.2. The van der Waals surface area contributed by atoms with E-state index < -0.39 is 0 Å². The molecule has 3 aromatic rings. The Bertz CT molecular complexity index is 1140. The van der Waals surface area contributed by atoms with E-state index in [4.69, 9.17) is 9.72 Å². The van der Waals surface area contributed by atoms with Gasteiger partial charge in [0, 0.05) is 36.1 Å². The van der Waals surface area contributed by atoms with Gasteiger partial charge in [0.1, 0.15) is 5.75 Å². The van der Waals surface area contributed by atoms with Crippen LogP contribution in [0.25, 0.3) is 10.9 Å². The lowest BCUT2D eigenvalue weighted by Crippen LogP contribution is -2.30. The SMILES string of the molecule is CCOc1ccccc1C(=O)N1CC[C@H](c2cc(C(=O)NC(C)C)c3ccccc3n2)C1. The highest BCUT2D eigenvalue weighted by Gasteiger charge is 2.31. The maximum Gasteiger partial charge on any atom is 0.257 e. The normalized spacial score (nSPS) is 15.9. The molecule has 6 heteroatoms. The van der Waals surface area contributed by atoms with Crippen LogP contribution in [0.1, 0.15) is 59.5 Å². The second kappa shape index (κ2) is 9.39. The van der Waals surface area contributed by atoms with Crippen LogP contribution in [0.4, 0.5) is 0 Å². The Morgan fingerprint density at radius 1 is 1.12 bits per heavy atom. The van der Waals surface area contributed by atoms with Gasteiger partial charge in [-0.3, -0.25) is 14.6 Å². The van der Waals surface area contributed by atoms with Crippen LogP contribution in [0.3, 0.4) is 0 Å². The van der Waals surface area contributed by atoms with Gasteiger partial charge in [-0.15, -0.1) is 0 Å². The van der Waals surface area contributed by atoms with Gasteiger partial charge >= 0.3 is 0 Å². The first kappa shape index (κ1) is 21.8. The summed E-state index contributed by atoms with van der Waals surface area (Å²) in [6.07, 6.45) is 0.805. The fraction of sp³-hybridized carbons (Fsp3) is 0.346. The molecule has 166 valence electrons. The van der Waals surface area contributed by atoms with Crippen LogP contribution in [0.15, 0.2) is 54.6 Å². The van der Waals surface area contributed by atoms with Gasteiger partial charge < -0.3 is 15.0 Å². The zero-order valence-electron chi connectivity index (χ0n) is 18.8. The molecule has 4 rings (SSSR count). The van der Waals surface area contributed by atoms with E-state index in [1.165, 1.54) is 0 Å². The molecule has 0 spiro atoms. The van der Waals surface area contributed by atoms with Crippen LogP contribution in [-0.4, -0.2) is 47.4 Å². The van der Waals surface area contributed by atoms with Gasteiger partial charge in [0.15, 0.2) is 0 Å². The van der Waals surface area contributed by atoms with Crippen molar-refractivity contribution in [1.82, 2.24) is 15.2 Å². The van der Waals surface area contributed by atoms with Crippen LogP contribution in [0.2, 0.25) is 0 Å². The Hall–Kier alpha value is -3.41. The molecule has 2 aromatic carbocycles. The lowest BCUT2D eigenvalue weighted by atomic mass is 9.99. The van der Waals surface area contributed by atoms with E-state index in [0.717, 1.165) is 23.0 Å². The number of hydrogen-bond acceptors (Lipinski definition) is 4. The number of amides is 2. The molecule has 1 N–H and O–H groups in total. The van der Waals surface area contributed by atoms with Crippen molar-refractivity contribution in [2.24, 2.45) is 0 Å². The van der Waals surface area contributed by atoms with Crippen molar-refractivity contribution in [3.63, 3.8) is 0 Å². The fourth-order valence-corrected chi connectivity index (χ4v) is 4.21.